The van der Waals surface area contributed by atoms with Gasteiger partial charge in [-0.05, 0) is 19.8 Å². The predicted molar refractivity (Wildman–Crippen MR) is 90.3 cm³/mol. The minimum atomic E-state index is -0.396. The number of halogens is 1. The molecule has 8 heteroatoms. The van der Waals surface area contributed by atoms with Crippen molar-refractivity contribution in [2.75, 3.05) is 26.2 Å². The second-order valence-electron chi connectivity index (χ2n) is 6.13. The molecule has 1 aliphatic rings. The number of nitrogens with two attached hydrogens (primary N) is 1. The van der Waals surface area contributed by atoms with Crippen molar-refractivity contribution in [1.82, 2.24) is 19.9 Å². The third-order valence-electron chi connectivity index (χ3n) is 4.62. The molecule has 1 amide bonds. The lowest BCUT2D eigenvalue weighted by molar-refractivity contribution is -0.135. The van der Waals surface area contributed by atoms with E-state index in [1.807, 2.05) is 18.7 Å². The number of rotatable bonds is 5. The number of carbonyl (C=O) groups excluding carboxylic acids is 1. The number of amides is 1. The van der Waals surface area contributed by atoms with Crippen molar-refractivity contribution < 1.29 is 9.32 Å². The van der Waals surface area contributed by atoms with Crippen LogP contribution in [0.25, 0.3) is 0 Å². The Labute approximate surface area is 144 Å². The van der Waals surface area contributed by atoms with Crippen LogP contribution in [0.15, 0.2) is 4.52 Å². The van der Waals surface area contributed by atoms with Crippen molar-refractivity contribution >= 4 is 18.3 Å². The molecule has 1 fully saturated rings. The van der Waals surface area contributed by atoms with Crippen LogP contribution in [-0.2, 0) is 4.79 Å². The zero-order valence-corrected chi connectivity index (χ0v) is 15.2. The molecule has 2 N–H and O–H groups in total. The van der Waals surface area contributed by atoms with Crippen molar-refractivity contribution in [1.29, 1.82) is 0 Å². The Kier molecular flexibility index (Phi) is 7.44. The van der Waals surface area contributed by atoms with Gasteiger partial charge in [0.2, 0.25) is 11.8 Å². The lowest BCUT2D eigenvalue weighted by atomic mass is 9.98. The molecule has 2 heterocycles. The van der Waals surface area contributed by atoms with Crippen molar-refractivity contribution in [2.24, 2.45) is 11.7 Å². The van der Waals surface area contributed by atoms with E-state index in [2.05, 4.69) is 28.9 Å². The molecular formula is C15H28ClN5O2. The molecule has 1 saturated heterocycles. The van der Waals surface area contributed by atoms with Crippen molar-refractivity contribution in [2.45, 2.75) is 46.2 Å². The fourth-order valence-electron chi connectivity index (χ4n) is 2.68. The van der Waals surface area contributed by atoms with Crippen LogP contribution in [0, 0.1) is 12.8 Å². The van der Waals surface area contributed by atoms with E-state index >= 15 is 0 Å². The largest absolute Gasteiger partial charge is 0.339 e. The SMILES string of the molecule is CCC(C)C(N)C(=O)N1CCN(C(C)c2nc(C)no2)CC1.Cl. The fraction of sp³-hybridized carbons (Fsp3) is 0.800. The van der Waals surface area contributed by atoms with Crippen molar-refractivity contribution in [3.63, 3.8) is 0 Å². The molecule has 0 aliphatic carbocycles. The minimum absolute atomic E-state index is 0. The number of hydrogen-bond acceptors (Lipinski definition) is 6. The highest BCUT2D eigenvalue weighted by atomic mass is 35.5. The van der Waals surface area contributed by atoms with Crippen LogP contribution >= 0.6 is 12.4 Å². The first-order chi connectivity index (χ1) is 10.4. The fourth-order valence-corrected chi connectivity index (χ4v) is 2.68. The Morgan fingerprint density at radius 1 is 1.30 bits per heavy atom. The van der Waals surface area contributed by atoms with Gasteiger partial charge in [-0.3, -0.25) is 9.69 Å². The monoisotopic (exact) mass is 345 g/mol. The quantitative estimate of drug-likeness (QED) is 0.867. The van der Waals surface area contributed by atoms with Crippen LogP contribution in [0.2, 0.25) is 0 Å². The van der Waals surface area contributed by atoms with Crippen LogP contribution in [0.3, 0.4) is 0 Å². The molecule has 1 aliphatic heterocycles. The second-order valence-corrected chi connectivity index (χ2v) is 6.13. The molecule has 2 rings (SSSR count). The average molecular weight is 346 g/mol. The number of piperazine rings is 1. The highest BCUT2D eigenvalue weighted by Gasteiger charge is 2.30. The summed E-state index contributed by atoms with van der Waals surface area (Å²) < 4.78 is 5.23. The summed E-state index contributed by atoms with van der Waals surface area (Å²) in [6.07, 6.45) is 0.917. The maximum Gasteiger partial charge on any atom is 0.243 e. The average Bonchev–Trinajstić information content (AvgIpc) is 2.98. The molecule has 132 valence electrons. The van der Waals surface area contributed by atoms with E-state index in [4.69, 9.17) is 10.3 Å². The Morgan fingerprint density at radius 2 is 1.91 bits per heavy atom. The summed E-state index contributed by atoms with van der Waals surface area (Å²) in [7, 11) is 0. The normalized spacial score (nSPS) is 19.8. The summed E-state index contributed by atoms with van der Waals surface area (Å²) in [5, 5.41) is 3.83. The molecule has 0 spiro atoms. The minimum Gasteiger partial charge on any atom is -0.339 e. The third-order valence-corrected chi connectivity index (χ3v) is 4.62. The van der Waals surface area contributed by atoms with E-state index in [0.29, 0.717) is 24.8 Å². The maximum absolute atomic E-state index is 12.4. The zero-order chi connectivity index (χ0) is 16.3. The molecule has 3 atom stereocenters. The summed E-state index contributed by atoms with van der Waals surface area (Å²) in [5.41, 5.74) is 6.05. The molecule has 0 saturated carbocycles. The molecule has 0 bridgehead atoms. The number of aromatic nitrogens is 2. The van der Waals surface area contributed by atoms with E-state index in [1.54, 1.807) is 0 Å². The Hall–Kier alpha value is -1.18. The molecule has 1 aromatic rings. The van der Waals surface area contributed by atoms with E-state index in [9.17, 15) is 4.79 Å². The number of nitrogens with zero attached hydrogens (tertiary/aromatic N) is 4. The lowest BCUT2D eigenvalue weighted by Crippen LogP contribution is -2.54. The van der Waals surface area contributed by atoms with Gasteiger partial charge in [0.1, 0.15) is 0 Å². The van der Waals surface area contributed by atoms with E-state index in [0.717, 1.165) is 19.5 Å². The standard InChI is InChI=1S/C15H27N5O2.ClH/c1-5-10(2)13(16)15(21)20-8-6-19(7-9-20)11(3)14-17-12(4)18-22-14;/h10-11,13H,5-9,16H2,1-4H3;1H. The first kappa shape index (κ1) is 19.9. The van der Waals surface area contributed by atoms with Gasteiger partial charge in [-0.25, -0.2) is 0 Å². The molecule has 0 aromatic carbocycles. The van der Waals surface area contributed by atoms with E-state index in [-0.39, 0.29) is 30.3 Å². The van der Waals surface area contributed by atoms with Gasteiger partial charge in [-0.2, -0.15) is 4.98 Å². The van der Waals surface area contributed by atoms with Gasteiger partial charge in [0.25, 0.3) is 0 Å². The highest BCUT2D eigenvalue weighted by Crippen LogP contribution is 2.20. The van der Waals surface area contributed by atoms with Crippen LogP contribution in [0.5, 0.6) is 0 Å². The summed E-state index contributed by atoms with van der Waals surface area (Å²) in [5.74, 6) is 1.56. The summed E-state index contributed by atoms with van der Waals surface area (Å²) in [4.78, 5) is 20.8. The van der Waals surface area contributed by atoms with Crippen molar-refractivity contribution in [3.8, 4) is 0 Å². The van der Waals surface area contributed by atoms with Gasteiger partial charge in [0.05, 0.1) is 12.1 Å². The van der Waals surface area contributed by atoms with E-state index < -0.39 is 6.04 Å². The molecule has 23 heavy (non-hydrogen) atoms. The Morgan fingerprint density at radius 3 is 2.39 bits per heavy atom. The maximum atomic E-state index is 12.4. The number of aryl methyl sites for hydroxylation is 1. The third kappa shape index (κ3) is 4.65. The number of hydrogen-bond donors (Lipinski definition) is 1. The van der Waals surface area contributed by atoms with Gasteiger partial charge in [0, 0.05) is 26.2 Å². The van der Waals surface area contributed by atoms with Crippen molar-refractivity contribution in [3.05, 3.63) is 11.7 Å². The summed E-state index contributed by atoms with van der Waals surface area (Å²) in [6.45, 7) is 10.9. The van der Waals surface area contributed by atoms with Gasteiger partial charge in [-0.1, -0.05) is 25.4 Å². The predicted octanol–water partition coefficient (Wildman–Crippen LogP) is 1.38. The van der Waals surface area contributed by atoms with Gasteiger partial charge in [0.15, 0.2) is 5.82 Å². The molecule has 7 nitrogen and oxygen atoms in total. The van der Waals surface area contributed by atoms with E-state index in [1.165, 1.54) is 0 Å². The zero-order valence-electron chi connectivity index (χ0n) is 14.4. The second kappa shape index (κ2) is 8.61. The summed E-state index contributed by atoms with van der Waals surface area (Å²) >= 11 is 0. The van der Waals surface area contributed by atoms with Crippen LogP contribution in [0.4, 0.5) is 0 Å². The molecule has 1 aromatic heterocycles. The van der Waals surface area contributed by atoms with Gasteiger partial charge < -0.3 is 15.2 Å². The van der Waals surface area contributed by atoms with Gasteiger partial charge in [-0.15, -0.1) is 12.4 Å². The number of carbonyl (C=O) groups is 1. The molecular weight excluding hydrogens is 318 g/mol. The topological polar surface area (TPSA) is 88.5 Å². The van der Waals surface area contributed by atoms with Crippen LogP contribution in [0.1, 0.15) is 44.9 Å². The first-order valence-electron chi connectivity index (χ1n) is 8.02. The Bertz CT molecular complexity index is 502. The highest BCUT2D eigenvalue weighted by molar-refractivity contribution is 5.85. The van der Waals surface area contributed by atoms with Crippen LogP contribution in [-0.4, -0.2) is 58.1 Å². The lowest BCUT2D eigenvalue weighted by Gasteiger charge is -2.38. The van der Waals surface area contributed by atoms with Gasteiger partial charge >= 0.3 is 0 Å². The first-order valence-corrected chi connectivity index (χ1v) is 8.02. The molecule has 3 unspecified atom stereocenters. The molecule has 0 radical (unpaired) electrons. The smallest absolute Gasteiger partial charge is 0.243 e. The summed E-state index contributed by atoms with van der Waals surface area (Å²) in [6, 6.07) is -0.325. The van der Waals surface area contributed by atoms with Crippen LogP contribution < -0.4 is 5.73 Å². The Balaban J connectivity index is 0.00000264.